The van der Waals surface area contributed by atoms with Crippen molar-refractivity contribution in [3.05, 3.63) is 28.2 Å². The molecule has 0 saturated carbocycles. The van der Waals surface area contributed by atoms with Gasteiger partial charge >= 0.3 is 0 Å². The van der Waals surface area contributed by atoms with E-state index in [1.54, 1.807) is 11.3 Å². The van der Waals surface area contributed by atoms with E-state index in [0.717, 1.165) is 4.88 Å². The number of thiophene rings is 1. The normalized spacial score (nSPS) is 23.6. The van der Waals surface area contributed by atoms with E-state index in [1.165, 1.54) is 4.79 Å². The lowest BCUT2D eigenvalue weighted by atomic mass is 10.3. The molecule has 0 aromatic carbocycles. The molecular weight excluding hydrogens is 262 g/mol. The highest BCUT2D eigenvalue weighted by Crippen LogP contribution is 2.40. The molecule has 1 aliphatic rings. The number of hydrogen-bond acceptors (Lipinski definition) is 5. The highest BCUT2D eigenvalue weighted by molar-refractivity contribution is 7.13. The highest BCUT2D eigenvalue weighted by atomic mass is 35.5. The largest absolute Gasteiger partial charge is 0.323 e. The third-order valence-corrected chi connectivity index (χ3v) is 3.73. The summed E-state index contributed by atoms with van der Waals surface area (Å²) in [5.74, 6) is 5.80. The molecule has 2 aromatic heterocycles. The fourth-order valence-electron chi connectivity index (χ4n) is 1.70. The molecular formula is C10H10ClN3O2S. The van der Waals surface area contributed by atoms with Crippen LogP contribution in [0.15, 0.2) is 17.5 Å². The van der Waals surface area contributed by atoms with Crippen LogP contribution in [0.25, 0.3) is 10.6 Å². The minimum Gasteiger partial charge on any atom is -0.323 e. The highest BCUT2D eigenvalue weighted by Gasteiger charge is 2.34. The zero-order valence-electron chi connectivity index (χ0n) is 8.96. The van der Waals surface area contributed by atoms with Gasteiger partial charge in [0, 0.05) is 0 Å². The van der Waals surface area contributed by atoms with E-state index in [9.17, 15) is 0 Å². The van der Waals surface area contributed by atoms with Crippen molar-refractivity contribution in [3.8, 4) is 10.6 Å². The summed E-state index contributed by atoms with van der Waals surface area (Å²) in [5.41, 5.74) is 1.21. The Morgan fingerprint density at radius 1 is 1.53 bits per heavy atom. The fraction of sp³-hybridized carbons (Fsp3) is 0.300. The average molecular weight is 272 g/mol. The minimum absolute atomic E-state index is 0.218. The number of ether oxygens (including phenoxy) is 2. The number of aromatic nitrogens is 2. The molecule has 0 bridgehead atoms. The number of nitrogens with two attached hydrogens (primary N) is 1. The van der Waals surface area contributed by atoms with Crippen molar-refractivity contribution >= 4 is 22.9 Å². The number of nitrogen functional groups attached to an aromatic ring is 1. The monoisotopic (exact) mass is 271 g/mol. The summed E-state index contributed by atoms with van der Waals surface area (Å²) >= 11 is 7.81. The van der Waals surface area contributed by atoms with Crippen LogP contribution in [0, 0.1) is 0 Å². The second-order valence-electron chi connectivity index (χ2n) is 3.64. The molecule has 3 rings (SSSR count). The molecule has 1 fully saturated rings. The maximum atomic E-state index is 6.26. The first-order valence-corrected chi connectivity index (χ1v) is 6.31. The molecule has 90 valence electrons. The SMILES string of the molecule is CC1OC(c2nn(N)c(-c3cccs3)c2Cl)O1. The first-order chi connectivity index (χ1) is 8.16. The first kappa shape index (κ1) is 11.0. The molecule has 0 radical (unpaired) electrons. The van der Waals surface area contributed by atoms with Crippen LogP contribution in [0.2, 0.25) is 5.02 Å². The molecule has 1 saturated heterocycles. The molecule has 17 heavy (non-hydrogen) atoms. The predicted octanol–water partition coefficient (Wildman–Crippen LogP) is 2.37. The van der Waals surface area contributed by atoms with Crippen molar-refractivity contribution < 1.29 is 9.47 Å². The van der Waals surface area contributed by atoms with Gasteiger partial charge in [-0.05, 0) is 18.4 Å². The van der Waals surface area contributed by atoms with Crippen LogP contribution in [0.5, 0.6) is 0 Å². The summed E-state index contributed by atoms with van der Waals surface area (Å²) < 4.78 is 10.7. The molecule has 2 aromatic rings. The molecule has 3 heterocycles. The van der Waals surface area contributed by atoms with Crippen molar-refractivity contribution in [3.63, 3.8) is 0 Å². The molecule has 1 aliphatic heterocycles. The molecule has 0 unspecified atom stereocenters. The Balaban J connectivity index is 2.01. The van der Waals surface area contributed by atoms with E-state index in [2.05, 4.69) is 5.10 Å². The van der Waals surface area contributed by atoms with E-state index in [-0.39, 0.29) is 6.29 Å². The maximum absolute atomic E-state index is 6.26. The van der Waals surface area contributed by atoms with Gasteiger partial charge in [-0.15, -0.1) is 11.3 Å². The predicted molar refractivity (Wildman–Crippen MR) is 65.1 cm³/mol. The van der Waals surface area contributed by atoms with Gasteiger partial charge < -0.3 is 15.3 Å². The first-order valence-electron chi connectivity index (χ1n) is 5.05. The smallest absolute Gasteiger partial charge is 0.209 e. The Morgan fingerprint density at radius 3 is 2.88 bits per heavy atom. The van der Waals surface area contributed by atoms with Crippen LogP contribution >= 0.6 is 22.9 Å². The van der Waals surface area contributed by atoms with E-state index < -0.39 is 6.29 Å². The van der Waals surface area contributed by atoms with Crippen LogP contribution in [-0.2, 0) is 9.47 Å². The second-order valence-corrected chi connectivity index (χ2v) is 4.97. The summed E-state index contributed by atoms with van der Waals surface area (Å²) in [6.07, 6.45) is -0.731. The van der Waals surface area contributed by atoms with Crippen molar-refractivity contribution in [2.75, 3.05) is 5.84 Å². The number of halogens is 1. The fourth-order valence-corrected chi connectivity index (χ4v) is 2.84. The van der Waals surface area contributed by atoms with E-state index in [1.807, 2.05) is 24.4 Å². The van der Waals surface area contributed by atoms with E-state index in [4.69, 9.17) is 26.9 Å². The lowest BCUT2D eigenvalue weighted by molar-refractivity contribution is -0.384. The van der Waals surface area contributed by atoms with Crippen LogP contribution in [0.1, 0.15) is 18.9 Å². The quantitative estimate of drug-likeness (QED) is 0.852. The molecule has 7 heteroatoms. The lowest BCUT2D eigenvalue weighted by Gasteiger charge is -2.32. The molecule has 2 N–H and O–H groups in total. The standard InChI is InChI=1S/C10H10ClN3O2S/c1-5-15-10(16-5)8-7(11)9(14(12)13-8)6-3-2-4-17-6/h2-5,10H,12H2,1H3. The molecule has 0 aliphatic carbocycles. The van der Waals surface area contributed by atoms with Gasteiger partial charge in [0.15, 0.2) is 6.29 Å². The van der Waals surface area contributed by atoms with Crippen LogP contribution in [0.4, 0.5) is 0 Å². The third kappa shape index (κ3) is 1.73. The van der Waals surface area contributed by atoms with E-state index >= 15 is 0 Å². The zero-order chi connectivity index (χ0) is 12.0. The van der Waals surface area contributed by atoms with Gasteiger partial charge in [-0.1, -0.05) is 17.7 Å². The summed E-state index contributed by atoms with van der Waals surface area (Å²) in [4.78, 5) is 2.22. The third-order valence-electron chi connectivity index (χ3n) is 2.49. The van der Waals surface area contributed by atoms with Gasteiger partial charge in [-0.25, -0.2) is 0 Å². The summed E-state index contributed by atoms with van der Waals surface area (Å²) in [7, 11) is 0. The zero-order valence-corrected chi connectivity index (χ0v) is 10.5. The molecule has 0 spiro atoms. The molecule has 5 nitrogen and oxygen atoms in total. The van der Waals surface area contributed by atoms with Gasteiger partial charge in [0.2, 0.25) is 6.29 Å². The average Bonchev–Trinajstić information content (AvgIpc) is 2.83. The summed E-state index contributed by atoms with van der Waals surface area (Å²) in [6, 6.07) is 3.87. The Hall–Kier alpha value is -1.08. The van der Waals surface area contributed by atoms with Crippen LogP contribution in [-0.4, -0.2) is 16.2 Å². The maximum Gasteiger partial charge on any atom is 0.209 e. The summed E-state index contributed by atoms with van der Waals surface area (Å²) in [5, 5.41) is 6.58. The number of nitrogens with zero attached hydrogens (tertiary/aromatic N) is 2. The van der Waals surface area contributed by atoms with Gasteiger partial charge in [-0.2, -0.15) is 9.89 Å². The minimum atomic E-state index is -0.513. The van der Waals surface area contributed by atoms with E-state index in [0.29, 0.717) is 16.4 Å². The Kier molecular flexibility index (Phi) is 2.59. The Labute approximate surface area is 107 Å². The van der Waals surface area contributed by atoms with Crippen LogP contribution < -0.4 is 5.84 Å². The van der Waals surface area contributed by atoms with Crippen molar-refractivity contribution in [1.82, 2.24) is 9.89 Å². The number of rotatable bonds is 2. The lowest BCUT2D eigenvalue weighted by Crippen LogP contribution is -2.32. The van der Waals surface area contributed by atoms with Crippen LogP contribution in [0.3, 0.4) is 0 Å². The van der Waals surface area contributed by atoms with Gasteiger partial charge in [0.05, 0.1) is 9.90 Å². The Bertz CT molecular complexity index is 534. The molecule has 0 atom stereocenters. The number of hydrogen-bond donors (Lipinski definition) is 1. The molecule has 0 amide bonds. The Morgan fingerprint density at radius 2 is 2.29 bits per heavy atom. The van der Waals surface area contributed by atoms with Gasteiger partial charge in [-0.3, -0.25) is 0 Å². The van der Waals surface area contributed by atoms with Gasteiger partial charge in [0.1, 0.15) is 11.4 Å². The second kappa shape index (κ2) is 3.99. The van der Waals surface area contributed by atoms with Crippen molar-refractivity contribution in [2.45, 2.75) is 19.5 Å². The topological polar surface area (TPSA) is 62.3 Å². The van der Waals surface area contributed by atoms with Crippen molar-refractivity contribution in [2.24, 2.45) is 0 Å². The summed E-state index contributed by atoms with van der Waals surface area (Å²) in [6.45, 7) is 1.81. The van der Waals surface area contributed by atoms with Gasteiger partial charge in [0.25, 0.3) is 0 Å². The van der Waals surface area contributed by atoms with Crippen molar-refractivity contribution in [1.29, 1.82) is 0 Å².